The summed E-state index contributed by atoms with van der Waals surface area (Å²) in [5, 5.41) is 9.53. The fourth-order valence-electron chi connectivity index (χ4n) is 1.32. The molecule has 0 heterocycles. The maximum absolute atomic E-state index is 12.1. The minimum absolute atomic E-state index is 0.111. The zero-order chi connectivity index (χ0) is 12.8. The fourth-order valence-corrected chi connectivity index (χ4v) is 1.32. The lowest BCUT2D eigenvalue weighted by atomic mass is 10.1. The number of aliphatic hydroxyl groups is 1. The molecule has 1 atom stereocenters. The van der Waals surface area contributed by atoms with Gasteiger partial charge in [-0.3, -0.25) is 0 Å². The highest BCUT2D eigenvalue weighted by atomic mass is 19.3. The summed E-state index contributed by atoms with van der Waals surface area (Å²) in [5.41, 5.74) is 0.313. The average molecular weight is 246 g/mol. The molecule has 0 bridgehead atoms. The van der Waals surface area contributed by atoms with Crippen LogP contribution in [0.25, 0.3) is 0 Å². The van der Waals surface area contributed by atoms with Gasteiger partial charge in [0.15, 0.2) is 11.5 Å². The number of ether oxygens (including phenoxy) is 2. The molecule has 1 rings (SSSR count). The highest BCUT2D eigenvalue weighted by Crippen LogP contribution is 2.32. The van der Waals surface area contributed by atoms with Crippen molar-refractivity contribution in [2.75, 3.05) is 7.11 Å². The van der Waals surface area contributed by atoms with Crippen molar-refractivity contribution in [3.63, 3.8) is 0 Å². The number of carbonyl (C=O) groups is 1. The monoisotopic (exact) mass is 246 g/mol. The molecule has 0 spiro atoms. The molecule has 0 saturated heterocycles. The Labute approximate surface area is 96.8 Å². The second-order valence-corrected chi connectivity index (χ2v) is 3.21. The van der Waals surface area contributed by atoms with E-state index in [1.807, 2.05) is 0 Å². The van der Waals surface area contributed by atoms with Crippen molar-refractivity contribution in [2.45, 2.75) is 19.1 Å². The smallest absolute Gasteiger partial charge is 0.387 e. The highest BCUT2D eigenvalue weighted by molar-refractivity contribution is 5.52. The summed E-state index contributed by atoms with van der Waals surface area (Å²) in [5.74, 6) is -0.0442. The number of aldehydes is 1. The zero-order valence-electron chi connectivity index (χ0n) is 9.10. The van der Waals surface area contributed by atoms with Gasteiger partial charge in [0.05, 0.1) is 13.2 Å². The molecule has 1 aromatic carbocycles. The number of methoxy groups -OCH3 is 1. The van der Waals surface area contributed by atoms with E-state index in [2.05, 4.69) is 4.74 Å². The van der Waals surface area contributed by atoms with Crippen LogP contribution in [0.1, 0.15) is 18.1 Å². The average Bonchev–Trinajstić information content (AvgIpc) is 2.28. The SMILES string of the molecule is COc1ccc(C(O)CC=O)cc1OC(F)F. The minimum Gasteiger partial charge on any atom is -0.493 e. The van der Waals surface area contributed by atoms with E-state index in [1.165, 1.54) is 25.3 Å². The first kappa shape index (κ1) is 13.4. The maximum Gasteiger partial charge on any atom is 0.387 e. The van der Waals surface area contributed by atoms with Crippen molar-refractivity contribution in [3.05, 3.63) is 23.8 Å². The number of halogens is 2. The van der Waals surface area contributed by atoms with Crippen LogP contribution >= 0.6 is 0 Å². The van der Waals surface area contributed by atoms with Crippen LogP contribution in [-0.4, -0.2) is 25.1 Å². The van der Waals surface area contributed by atoms with E-state index in [1.54, 1.807) is 0 Å². The predicted octanol–water partition coefficient (Wildman–Crippen LogP) is 1.92. The normalized spacial score (nSPS) is 12.3. The largest absolute Gasteiger partial charge is 0.493 e. The number of hydrogen-bond acceptors (Lipinski definition) is 4. The van der Waals surface area contributed by atoms with Crippen molar-refractivity contribution in [1.82, 2.24) is 0 Å². The van der Waals surface area contributed by atoms with E-state index >= 15 is 0 Å². The van der Waals surface area contributed by atoms with E-state index < -0.39 is 12.7 Å². The fraction of sp³-hybridized carbons (Fsp3) is 0.364. The van der Waals surface area contributed by atoms with Crippen LogP contribution in [0, 0.1) is 0 Å². The van der Waals surface area contributed by atoms with Crippen LogP contribution in [0.2, 0.25) is 0 Å². The molecular weight excluding hydrogens is 234 g/mol. The summed E-state index contributed by atoms with van der Waals surface area (Å²) in [6.07, 6.45) is -0.610. The van der Waals surface area contributed by atoms with Gasteiger partial charge in [-0.2, -0.15) is 8.78 Å². The number of aliphatic hydroxyl groups excluding tert-OH is 1. The summed E-state index contributed by atoms with van der Waals surface area (Å²) in [6, 6.07) is 4.09. The molecule has 0 fully saturated rings. The van der Waals surface area contributed by atoms with Gasteiger partial charge in [0, 0.05) is 6.42 Å². The van der Waals surface area contributed by atoms with Gasteiger partial charge < -0.3 is 19.4 Å². The zero-order valence-corrected chi connectivity index (χ0v) is 9.10. The van der Waals surface area contributed by atoms with Gasteiger partial charge in [-0.15, -0.1) is 0 Å². The van der Waals surface area contributed by atoms with Crippen molar-refractivity contribution in [1.29, 1.82) is 0 Å². The van der Waals surface area contributed by atoms with Gasteiger partial charge in [0.2, 0.25) is 0 Å². The Morgan fingerprint density at radius 3 is 2.65 bits per heavy atom. The third kappa shape index (κ3) is 3.67. The Kier molecular flexibility index (Phi) is 4.84. The van der Waals surface area contributed by atoms with E-state index in [-0.39, 0.29) is 17.9 Å². The number of alkyl halides is 2. The number of rotatable bonds is 6. The first-order valence-electron chi connectivity index (χ1n) is 4.83. The third-order valence-electron chi connectivity index (χ3n) is 2.11. The Hall–Kier alpha value is -1.69. The van der Waals surface area contributed by atoms with Gasteiger partial charge in [-0.05, 0) is 17.7 Å². The molecule has 0 radical (unpaired) electrons. The van der Waals surface area contributed by atoms with E-state index in [4.69, 9.17) is 4.74 Å². The van der Waals surface area contributed by atoms with E-state index in [0.29, 0.717) is 11.8 Å². The highest BCUT2D eigenvalue weighted by Gasteiger charge is 2.14. The van der Waals surface area contributed by atoms with E-state index in [9.17, 15) is 18.7 Å². The van der Waals surface area contributed by atoms with Crippen LogP contribution in [-0.2, 0) is 4.79 Å². The third-order valence-corrected chi connectivity index (χ3v) is 2.11. The lowest BCUT2D eigenvalue weighted by molar-refractivity contribution is -0.109. The molecule has 0 aromatic heterocycles. The molecule has 0 amide bonds. The molecule has 17 heavy (non-hydrogen) atoms. The topological polar surface area (TPSA) is 55.8 Å². The van der Waals surface area contributed by atoms with Crippen LogP contribution in [0.4, 0.5) is 8.78 Å². The molecule has 1 unspecified atom stereocenters. The predicted molar refractivity (Wildman–Crippen MR) is 55.3 cm³/mol. The van der Waals surface area contributed by atoms with E-state index in [0.717, 1.165) is 0 Å². The minimum atomic E-state index is -2.98. The van der Waals surface area contributed by atoms with Gasteiger partial charge in [-0.1, -0.05) is 6.07 Å². The molecule has 6 heteroatoms. The number of benzene rings is 1. The van der Waals surface area contributed by atoms with Crippen LogP contribution < -0.4 is 9.47 Å². The van der Waals surface area contributed by atoms with Crippen molar-refractivity contribution in [2.24, 2.45) is 0 Å². The number of hydrogen-bond donors (Lipinski definition) is 1. The molecule has 1 aromatic rings. The first-order chi connectivity index (χ1) is 8.08. The van der Waals surface area contributed by atoms with Crippen LogP contribution in [0.15, 0.2) is 18.2 Å². The van der Waals surface area contributed by atoms with Gasteiger partial charge >= 0.3 is 6.61 Å². The molecule has 0 aliphatic heterocycles. The maximum atomic E-state index is 12.1. The molecule has 0 aliphatic rings. The van der Waals surface area contributed by atoms with Gasteiger partial charge in [0.25, 0.3) is 0 Å². The quantitative estimate of drug-likeness (QED) is 0.779. The van der Waals surface area contributed by atoms with Gasteiger partial charge in [0.1, 0.15) is 6.29 Å². The van der Waals surface area contributed by atoms with Gasteiger partial charge in [-0.25, -0.2) is 0 Å². The summed E-state index contributed by atoms with van der Waals surface area (Å²) >= 11 is 0. The summed E-state index contributed by atoms with van der Waals surface area (Å²) in [4.78, 5) is 10.2. The van der Waals surface area contributed by atoms with Crippen LogP contribution in [0.5, 0.6) is 11.5 Å². The standard InChI is InChI=1S/C11H12F2O4/c1-16-9-3-2-7(8(15)4-5-14)6-10(9)17-11(12)13/h2-3,5-6,8,11,15H,4H2,1H3. The number of carbonyl (C=O) groups excluding carboxylic acids is 1. The van der Waals surface area contributed by atoms with Crippen molar-refractivity contribution < 1.29 is 28.2 Å². The molecule has 0 aliphatic carbocycles. The molecule has 4 nitrogen and oxygen atoms in total. The second kappa shape index (κ2) is 6.15. The first-order valence-corrected chi connectivity index (χ1v) is 4.83. The second-order valence-electron chi connectivity index (χ2n) is 3.21. The molecule has 0 saturated carbocycles. The summed E-state index contributed by atoms with van der Waals surface area (Å²) in [7, 11) is 1.31. The Morgan fingerprint density at radius 1 is 1.41 bits per heavy atom. The van der Waals surface area contributed by atoms with Crippen molar-refractivity contribution >= 4 is 6.29 Å². The molecule has 1 N–H and O–H groups in total. The summed E-state index contributed by atoms with van der Waals surface area (Å²) in [6.45, 7) is -2.98. The lowest BCUT2D eigenvalue weighted by Gasteiger charge is -2.13. The molecule has 94 valence electrons. The van der Waals surface area contributed by atoms with Crippen molar-refractivity contribution in [3.8, 4) is 11.5 Å². The Morgan fingerprint density at radius 2 is 2.12 bits per heavy atom. The summed E-state index contributed by atoms with van der Waals surface area (Å²) < 4.78 is 33.3. The van der Waals surface area contributed by atoms with Crippen LogP contribution in [0.3, 0.4) is 0 Å². The lowest BCUT2D eigenvalue weighted by Crippen LogP contribution is -2.05. The Bertz CT molecular complexity index is 382. The Balaban J connectivity index is 2.99. The molecular formula is C11H12F2O4.